The molecule has 9 heteroatoms. The van der Waals surface area contributed by atoms with Crippen LogP contribution in [-0.2, 0) is 0 Å². The van der Waals surface area contributed by atoms with Gasteiger partial charge in [0.05, 0.1) is 23.3 Å². The Labute approximate surface area is 154 Å². The van der Waals surface area contributed by atoms with Gasteiger partial charge in [-0.15, -0.1) is 10.2 Å². The second kappa shape index (κ2) is 6.71. The molecule has 0 atom stereocenters. The van der Waals surface area contributed by atoms with E-state index in [2.05, 4.69) is 31.0 Å². The Morgan fingerprint density at radius 3 is 2.26 bits per heavy atom. The van der Waals surface area contributed by atoms with Gasteiger partial charge in [-0.2, -0.15) is 10.3 Å². The number of primary amides is 1. The van der Waals surface area contributed by atoms with E-state index in [4.69, 9.17) is 5.73 Å². The number of carbonyl (C=O) groups is 1. The van der Waals surface area contributed by atoms with Gasteiger partial charge in [-0.3, -0.25) is 0 Å². The number of aromatic nitrogens is 6. The second-order valence-electron chi connectivity index (χ2n) is 5.92. The third-order valence-corrected chi connectivity index (χ3v) is 4.11. The summed E-state index contributed by atoms with van der Waals surface area (Å²) in [5, 5.41) is 20.9. The summed E-state index contributed by atoms with van der Waals surface area (Å²) in [5.74, 6) is 0.561. The number of tetrazole rings is 1. The number of aryl methyl sites for hydroxylation is 1. The molecule has 4 N–H and O–H groups in total. The monoisotopic (exact) mass is 360 g/mol. The maximum Gasteiger partial charge on any atom is 0.316 e. The Balaban J connectivity index is 1.56. The summed E-state index contributed by atoms with van der Waals surface area (Å²) in [5.41, 5.74) is 10.4. The van der Waals surface area contributed by atoms with Crippen LogP contribution in [-0.4, -0.2) is 36.4 Å². The van der Waals surface area contributed by atoms with E-state index in [1.54, 1.807) is 17.8 Å². The number of nitrogens with one attached hydrogen (secondary N) is 2. The fraction of sp³-hybridized carbons (Fsp3) is 0.0556. The molecule has 4 rings (SSSR count). The van der Waals surface area contributed by atoms with Gasteiger partial charge in [0.1, 0.15) is 0 Å². The van der Waals surface area contributed by atoms with E-state index in [1.165, 1.54) is 0 Å². The average Bonchev–Trinajstić information content (AvgIpc) is 3.32. The van der Waals surface area contributed by atoms with E-state index < -0.39 is 6.03 Å². The first-order chi connectivity index (χ1) is 13.1. The van der Waals surface area contributed by atoms with Crippen molar-refractivity contribution in [3.8, 4) is 28.2 Å². The van der Waals surface area contributed by atoms with Crippen LogP contribution in [0.1, 0.15) is 5.69 Å². The molecule has 4 aromatic rings. The Hall–Kier alpha value is -4.01. The molecule has 0 bridgehead atoms. The molecular weight excluding hydrogens is 344 g/mol. The van der Waals surface area contributed by atoms with Gasteiger partial charge in [0.15, 0.2) is 0 Å². The van der Waals surface area contributed by atoms with Crippen LogP contribution < -0.4 is 11.1 Å². The molecule has 134 valence electrons. The zero-order valence-corrected chi connectivity index (χ0v) is 14.4. The molecule has 2 aromatic carbocycles. The fourth-order valence-corrected chi connectivity index (χ4v) is 2.75. The van der Waals surface area contributed by atoms with Crippen molar-refractivity contribution < 1.29 is 4.79 Å². The number of nitrogens with zero attached hydrogens (tertiary/aromatic N) is 5. The SMILES string of the molecule is Cc1nn(-c2ccc(-c3ccc(-c4nn[nH]n4)cc3)cc2)cc1NC(N)=O. The molecule has 2 heterocycles. The van der Waals surface area contributed by atoms with Crippen LogP contribution in [0.4, 0.5) is 10.5 Å². The summed E-state index contributed by atoms with van der Waals surface area (Å²) in [6, 6.07) is 15.2. The van der Waals surface area contributed by atoms with Crippen molar-refractivity contribution in [3.05, 3.63) is 60.4 Å². The molecule has 0 aliphatic heterocycles. The van der Waals surface area contributed by atoms with Gasteiger partial charge in [-0.05, 0) is 35.4 Å². The number of aromatic amines is 1. The van der Waals surface area contributed by atoms with Crippen molar-refractivity contribution in [2.45, 2.75) is 6.92 Å². The van der Waals surface area contributed by atoms with Crippen LogP contribution in [0.3, 0.4) is 0 Å². The molecule has 0 fully saturated rings. The average molecular weight is 360 g/mol. The number of rotatable bonds is 4. The van der Waals surface area contributed by atoms with Crippen LogP contribution in [0.25, 0.3) is 28.2 Å². The molecule has 9 nitrogen and oxygen atoms in total. The Morgan fingerprint density at radius 2 is 1.67 bits per heavy atom. The van der Waals surface area contributed by atoms with Crippen LogP contribution in [0.15, 0.2) is 54.7 Å². The molecule has 2 amide bonds. The summed E-state index contributed by atoms with van der Waals surface area (Å²) >= 11 is 0. The molecule has 27 heavy (non-hydrogen) atoms. The molecule has 0 aliphatic rings. The normalized spacial score (nSPS) is 10.7. The van der Waals surface area contributed by atoms with E-state index in [9.17, 15) is 4.79 Å². The summed E-state index contributed by atoms with van der Waals surface area (Å²) in [4.78, 5) is 11.0. The zero-order chi connectivity index (χ0) is 18.8. The molecule has 0 saturated heterocycles. The maximum absolute atomic E-state index is 11.0. The standard InChI is InChI=1S/C18H16N8O/c1-11-16(20-18(19)27)10-26(23-11)15-8-6-13(7-9-15)12-2-4-14(5-3-12)17-21-24-25-22-17/h2-10H,1H3,(H3,19,20,27)(H,21,22,24,25). The lowest BCUT2D eigenvalue weighted by Crippen LogP contribution is -2.19. The largest absolute Gasteiger partial charge is 0.351 e. The van der Waals surface area contributed by atoms with Crippen molar-refractivity contribution in [3.63, 3.8) is 0 Å². The minimum atomic E-state index is -0.614. The lowest BCUT2D eigenvalue weighted by atomic mass is 10.0. The Kier molecular flexibility index (Phi) is 4.09. The summed E-state index contributed by atoms with van der Waals surface area (Å²) < 4.78 is 1.70. The number of carbonyl (C=O) groups excluding carboxylic acids is 1. The van der Waals surface area contributed by atoms with Gasteiger partial charge < -0.3 is 11.1 Å². The van der Waals surface area contributed by atoms with E-state index in [0.717, 1.165) is 22.4 Å². The van der Waals surface area contributed by atoms with Crippen molar-refractivity contribution in [2.24, 2.45) is 5.73 Å². The number of nitrogens with two attached hydrogens (primary N) is 1. The van der Waals surface area contributed by atoms with Gasteiger partial charge in [-0.25, -0.2) is 9.48 Å². The molecule has 0 unspecified atom stereocenters. The first-order valence-electron chi connectivity index (χ1n) is 8.17. The van der Waals surface area contributed by atoms with E-state index in [-0.39, 0.29) is 0 Å². The number of hydrogen-bond acceptors (Lipinski definition) is 5. The highest BCUT2D eigenvalue weighted by Crippen LogP contribution is 2.24. The maximum atomic E-state index is 11.0. The smallest absolute Gasteiger partial charge is 0.316 e. The predicted octanol–water partition coefficient (Wildman–Crippen LogP) is 2.52. The quantitative estimate of drug-likeness (QED) is 0.515. The number of benzene rings is 2. The number of anilines is 1. The minimum Gasteiger partial charge on any atom is -0.351 e. The summed E-state index contributed by atoms with van der Waals surface area (Å²) in [7, 11) is 0. The number of amides is 2. The molecule has 0 aliphatic carbocycles. The van der Waals surface area contributed by atoms with Gasteiger partial charge >= 0.3 is 6.03 Å². The molecule has 2 aromatic heterocycles. The topological polar surface area (TPSA) is 127 Å². The van der Waals surface area contributed by atoms with Crippen LogP contribution in [0.2, 0.25) is 0 Å². The summed E-state index contributed by atoms with van der Waals surface area (Å²) in [6.45, 7) is 1.81. The van der Waals surface area contributed by atoms with Crippen LogP contribution >= 0.6 is 0 Å². The third kappa shape index (κ3) is 3.38. The van der Waals surface area contributed by atoms with Crippen molar-refractivity contribution in [2.75, 3.05) is 5.32 Å². The minimum absolute atomic E-state index is 0.561. The first-order valence-corrected chi connectivity index (χ1v) is 8.17. The first kappa shape index (κ1) is 16.5. The van der Waals surface area contributed by atoms with Gasteiger partial charge in [0.25, 0.3) is 0 Å². The van der Waals surface area contributed by atoms with E-state index in [1.807, 2.05) is 48.5 Å². The van der Waals surface area contributed by atoms with Crippen molar-refractivity contribution in [1.82, 2.24) is 30.4 Å². The molecule has 0 radical (unpaired) electrons. The highest BCUT2D eigenvalue weighted by Gasteiger charge is 2.08. The highest BCUT2D eigenvalue weighted by atomic mass is 16.2. The highest BCUT2D eigenvalue weighted by molar-refractivity contribution is 5.88. The third-order valence-electron chi connectivity index (χ3n) is 4.11. The van der Waals surface area contributed by atoms with Crippen LogP contribution in [0, 0.1) is 6.92 Å². The molecule has 0 saturated carbocycles. The Morgan fingerprint density at radius 1 is 1.04 bits per heavy atom. The predicted molar refractivity (Wildman–Crippen MR) is 100 cm³/mol. The number of hydrogen-bond donors (Lipinski definition) is 3. The van der Waals surface area contributed by atoms with Gasteiger partial charge in [-0.1, -0.05) is 36.4 Å². The Bertz CT molecular complexity index is 1070. The van der Waals surface area contributed by atoms with Gasteiger partial charge in [0, 0.05) is 5.56 Å². The lowest BCUT2D eigenvalue weighted by molar-refractivity contribution is 0.259. The molecule has 0 spiro atoms. The van der Waals surface area contributed by atoms with Crippen molar-refractivity contribution in [1.29, 1.82) is 0 Å². The van der Waals surface area contributed by atoms with Gasteiger partial charge in [0.2, 0.25) is 5.82 Å². The number of urea groups is 1. The summed E-state index contributed by atoms with van der Waals surface area (Å²) in [6.07, 6.45) is 1.73. The zero-order valence-electron chi connectivity index (χ0n) is 14.4. The number of H-pyrrole nitrogens is 1. The van der Waals surface area contributed by atoms with E-state index in [0.29, 0.717) is 17.2 Å². The second-order valence-corrected chi connectivity index (χ2v) is 5.92. The lowest BCUT2D eigenvalue weighted by Gasteiger charge is -2.05. The van der Waals surface area contributed by atoms with Crippen LogP contribution in [0.5, 0.6) is 0 Å². The molecular formula is C18H16N8O. The fourth-order valence-electron chi connectivity index (χ4n) is 2.75. The van der Waals surface area contributed by atoms with E-state index >= 15 is 0 Å². The van der Waals surface area contributed by atoms with Crippen molar-refractivity contribution >= 4 is 11.7 Å².